The van der Waals surface area contributed by atoms with Gasteiger partial charge in [-0.2, -0.15) is 0 Å². The van der Waals surface area contributed by atoms with Crippen molar-refractivity contribution in [1.29, 1.82) is 0 Å². The van der Waals surface area contributed by atoms with Gasteiger partial charge in [-0.1, -0.05) is 32.1 Å². The molecule has 0 amide bonds. The topological polar surface area (TPSA) is 85.1 Å². The summed E-state index contributed by atoms with van der Waals surface area (Å²) in [4.78, 5) is 3.98. The summed E-state index contributed by atoms with van der Waals surface area (Å²) in [6.07, 6.45) is 8.65. The molecule has 0 spiro atoms. The van der Waals surface area contributed by atoms with Gasteiger partial charge in [0.15, 0.2) is 0 Å². The number of nitrogens with zero attached hydrogens (tertiary/aromatic N) is 1. The van der Waals surface area contributed by atoms with Crippen LogP contribution in [0.15, 0.2) is 23.2 Å². The summed E-state index contributed by atoms with van der Waals surface area (Å²) < 4.78 is 26.7. The molecule has 6 heteroatoms. The maximum atomic E-state index is 12.0. The maximum absolute atomic E-state index is 12.0. The van der Waals surface area contributed by atoms with Crippen LogP contribution >= 0.6 is 0 Å². The zero-order valence-corrected chi connectivity index (χ0v) is 11.8. The van der Waals surface area contributed by atoms with E-state index in [1.807, 2.05) is 0 Å². The van der Waals surface area contributed by atoms with Gasteiger partial charge in [-0.15, -0.1) is 0 Å². The average molecular weight is 283 g/mol. The van der Waals surface area contributed by atoms with Crippen LogP contribution in [0.1, 0.15) is 38.5 Å². The molecule has 1 aromatic heterocycles. The Hall–Kier alpha value is -1.14. The quantitative estimate of drug-likeness (QED) is 0.864. The van der Waals surface area contributed by atoms with Crippen LogP contribution in [0.25, 0.3) is 0 Å². The molecule has 1 saturated carbocycles. The number of rotatable bonds is 5. The highest BCUT2D eigenvalue weighted by Crippen LogP contribution is 2.25. The third-order valence-corrected chi connectivity index (χ3v) is 5.09. The van der Waals surface area contributed by atoms with E-state index in [9.17, 15) is 8.42 Å². The number of hydrogen-bond donors (Lipinski definition) is 2. The Morgan fingerprint density at radius 3 is 2.74 bits per heavy atom. The lowest BCUT2D eigenvalue weighted by Gasteiger charge is -2.21. The molecule has 2 rings (SSSR count). The molecule has 1 aliphatic rings. The molecule has 5 nitrogen and oxygen atoms in total. The van der Waals surface area contributed by atoms with Crippen LogP contribution in [0.2, 0.25) is 0 Å². The summed E-state index contributed by atoms with van der Waals surface area (Å²) >= 11 is 0. The van der Waals surface area contributed by atoms with Crippen molar-refractivity contribution in [3.63, 3.8) is 0 Å². The molecular weight excluding hydrogens is 262 g/mol. The van der Waals surface area contributed by atoms with E-state index in [1.165, 1.54) is 50.4 Å². The van der Waals surface area contributed by atoms with Crippen LogP contribution in [-0.2, 0) is 10.0 Å². The monoisotopic (exact) mass is 283 g/mol. The van der Waals surface area contributed by atoms with Crippen LogP contribution in [0, 0.1) is 5.92 Å². The van der Waals surface area contributed by atoms with Crippen molar-refractivity contribution in [2.24, 2.45) is 5.92 Å². The van der Waals surface area contributed by atoms with Gasteiger partial charge < -0.3 is 5.73 Å². The molecule has 1 aliphatic carbocycles. The number of nitrogen functional groups attached to an aromatic ring is 1. The van der Waals surface area contributed by atoms with Crippen molar-refractivity contribution in [1.82, 2.24) is 9.71 Å². The lowest BCUT2D eigenvalue weighted by atomic mass is 9.87. The molecule has 3 N–H and O–H groups in total. The van der Waals surface area contributed by atoms with Crippen molar-refractivity contribution in [3.05, 3.63) is 18.3 Å². The molecular formula is C13H21N3O2S. The van der Waals surface area contributed by atoms with Gasteiger partial charge in [0.1, 0.15) is 5.82 Å². The van der Waals surface area contributed by atoms with Crippen LogP contribution < -0.4 is 10.5 Å². The predicted octanol–water partition coefficient (Wildman–Crippen LogP) is 1.91. The summed E-state index contributed by atoms with van der Waals surface area (Å²) in [7, 11) is -3.45. The first-order chi connectivity index (χ1) is 9.08. The fourth-order valence-electron chi connectivity index (χ4n) is 2.55. The van der Waals surface area contributed by atoms with Gasteiger partial charge >= 0.3 is 0 Å². The molecule has 0 aromatic carbocycles. The minimum Gasteiger partial charge on any atom is -0.384 e. The largest absolute Gasteiger partial charge is 0.384 e. The second-order valence-electron chi connectivity index (χ2n) is 5.11. The number of hydrogen-bond acceptors (Lipinski definition) is 4. The standard InChI is InChI=1S/C13H21N3O2S/c14-13-10-12(7-8-15-13)19(17,18)16-9-6-11-4-2-1-3-5-11/h7-8,10-11,16H,1-6,9H2,(H2,14,15). The van der Waals surface area contributed by atoms with E-state index in [-0.39, 0.29) is 10.7 Å². The highest BCUT2D eigenvalue weighted by atomic mass is 32.2. The predicted molar refractivity (Wildman–Crippen MR) is 75.0 cm³/mol. The number of nitrogens with two attached hydrogens (primary N) is 1. The molecule has 1 fully saturated rings. The average Bonchev–Trinajstić information content (AvgIpc) is 2.40. The molecule has 0 bridgehead atoms. The van der Waals surface area contributed by atoms with Crippen LogP contribution in [0.3, 0.4) is 0 Å². The summed E-state index contributed by atoms with van der Waals surface area (Å²) in [5, 5.41) is 0. The van der Waals surface area contributed by atoms with Gasteiger partial charge in [0.05, 0.1) is 4.90 Å². The second kappa shape index (κ2) is 6.34. The fraction of sp³-hybridized carbons (Fsp3) is 0.615. The smallest absolute Gasteiger partial charge is 0.240 e. The van der Waals surface area contributed by atoms with E-state index >= 15 is 0 Å². The van der Waals surface area contributed by atoms with Crippen LogP contribution in [0.5, 0.6) is 0 Å². The Morgan fingerprint density at radius 2 is 2.05 bits per heavy atom. The molecule has 0 atom stereocenters. The molecule has 1 aromatic rings. The number of aromatic nitrogens is 1. The summed E-state index contributed by atoms with van der Waals surface area (Å²) in [6, 6.07) is 2.84. The minimum atomic E-state index is -3.45. The lowest BCUT2D eigenvalue weighted by Crippen LogP contribution is -2.26. The minimum absolute atomic E-state index is 0.184. The summed E-state index contributed by atoms with van der Waals surface area (Å²) in [6.45, 7) is 0.495. The van der Waals surface area contributed by atoms with Crippen molar-refractivity contribution in [3.8, 4) is 0 Å². The fourth-order valence-corrected chi connectivity index (χ4v) is 3.62. The van der Waals surface area contributed by atoms with Crippen molar-refractivity contribution >= 4 is 15.8 Å². The number of pyridine rings is 1. The normalized spacial score (nSPS) is 17.5. The molecule has 0 saturated heterocycles. The summed E-state index contributed by atoms with van der Waals surface area (Å²) in [5.41, 5.74) is 5.50. The van der Waals surface area contributed by atoms with Crippen molar-refractivity contribution in [2.45, 2.75) is 43.4 Å². The highest BCUT2D eigenvalue weighted by Gasteiger charge is 2.17. The Labute approximate surface area is 114 Å². The van der Waals surface area contributed by atoms with Gasteiger partial charge in [-0.3, -0.25) is 0 Å². The van der Waals surface area contributed by atoms with E-state index in [1.54, 1.807) is 0 Å². The van der Waals surface area contributed by atoms with Gasteiger partial charge in [0.25, 0.3) is 0 Å². The van der Waals surface area contributed by atoms with E-state index in [4.69, 9.17) is 5.73 Å². The number of nitrogens with one attached hydrogen (secondary N) is 1. The maximum Gasteiger partial charge on any atom is 0.240 e. The molecule has 106 valence electrons. The van der Waals surface area contributed by atoms with Crippen LogP contribution in [0.4, 0.5) is 5.82 Å². The zero-order valence-electron chi connectivity index (χ0n) is 11.0. The molecule has 1 heterocycles. The Morgan fingerprint density at radius 1 is 1.32 bits per heavy atom. The van der Waals surface area contributed by atoms with Gasteiger partial charge in [0, 0.05) is 18.8 Å². The highest BCUT2D eigenvalue weighted by molar-refractivity contribution is 7.89. The number of anilines is 1. The first-order valence-corrected chi connectivity index (χ1v) is 8.27. The first-order valence-electron chi connectivity index (χ1n) is 6.79. The first kappa shape index (κ1) is 14.3. The van der Waals surface area contributed by atoms with E-state index in [0.29, 0.717) is 12.5 Å². The third-order valence-electron chi connectivity index (χ3n) is 3.63. The second-order valence-corrected chi connectivity index (χ2v) is 6.87. The molecule has 19 heavy (non-hydrogen) atoms. The summed E-state index contributed by atoms with van der Waals surface area (Å²) in [5.74, 6) is 0.883. The van der Waals surface area contributed by atoms with Crippen molar-refractivity contribution < 1.29 is 8.42 Å². The Bertz CT molecular complexity index is 510. The Balaban J connectivity index is 1.87. The SMILES string of the molecule is Nc1cc(S(=O)(=O)NCCC2CCCCC2)ccn1. The molecule has 0 unspecified atom stereocenters. The molecule has 0 aliphatic heterocycles. The molecule has 0 radical (unpaired) electrons. The van der Waals surface area contributed by atoms with E-state index in [0.717, 1.165) is 6.42 Å². The zero-order chi connectivity index (χ0) is 13.7. The van der Waals surface area contributed by atoms with E-state index in [2.05, 4.69) is 9.71 Å². The van der Waals surface area contributed by atoms with Crippen LogP contribution in [-0.4, -0.2) is 19.9 Å². The van der Waals surface area contributed by atoms with Gasteiger partial charge in [0.2, 0.25) is 10.0 Å². The van der Waals surface area contributed by atoms with Gasteiger partial charge in [-0.05, 0) is 18.4 Å². The van der Waals surface area contributed by atoms with Gasteiger partial charge in [-0.25, -0.2) is 18.1 Å². The lowest BCUT2D eigenvalue weighted by molar-refractivity contribution is 0.339. The van der Waals surface area contributed by atoms with Crippen molar-refractivity contribution in [2.75, 3.05) is 12.3 Å². The van der Waals surface area contributed by atoms with E-state index < -0.39 is 10.0 Å². The number of sulfonamides is 1. The third kappa shape index (κ3) is 4.18. The Kier molecular flexibility index (Phi) is 4.76.